The van der Waals surface area contributed by atoms with Crippen LogP contribution in [0.5, 0.6) is 0 Å². The zero-order chi connectivity index (χ0) is 13.0. The largest absolute Gasteiger partial charge is 0.365 e. The van der Waals surface area contributed by atoms with E-state index in [0.29, 0.717) is 12.0 Å². The third-order valence-corrected chi connectivity index (χ3v) is 2.45. The Morgan fingerprint density at radius 2 is 1.76 bits per heavy atom. The number of rotatable bonds is 5. The second-order valence-electron chi connectivity index (χ2n) is 4.61. The summed E-state index contributed by atoms with van der Waals surface area (Å²) >= 11 is 0. The van der Waals surface area contributed by atoms with E-state index in [9.17, 15) is 13.2 Å². The number of anilines is 1. The van der Waals surface area contributed by atoms with Gasteiger partial charge in [-0.25, -0.2) is 8.78 Å². The van der Waals surface area contributed by atoms with Crippen LogP contribution in [0.25, 0.3) is 0 Å². The van der Waals surface area contributed by atoms with Crippen LogP contribution < -0.4 is 5.32 Å². The van der Waals surface area contributed by atoms with Crippen molar-refractivity contribution in [3.8, 4) is 0 Å². The maximum Gasteiger partial charge on any atom is 0.251 e. The van der Waals surface area contributed by atoms with Gasteiger partial charge in [0.15, 0.2) is 17.5 Å². The van der Waals surface area contributed by atoms with Crippen molar-refractivity contribution in [3.05, 3.63) is 23.6 Å². The van der Waals surface area contributed by atoms with Crippen molar-refractivity contribution >= 4 is 5.82 Å². The van der Waals surface area contributed by atoms with E-state index in [1.165, 1.54) is 0 Å². The van der Waals surface area contributed by atoms with Crippen LogP contribution in [0.1, 0.15) is 33.6 Å². The molecule has 0 aromatic carbocycles. The van der Waals surface area contributed by atoms with Crippen LogP contribution in [0, 0.1) is 23.5 Å². The van der Waals surface area contributed by atoms with Gasteiger partial charge in [0.05, 0.1) is 0 Å². The summed E-state index contributed by atoms with van der Waals surface area (Å²) in [4.78, 5) is 3.21. The van der Waals surface area contributed by atoms with E-state index in [1.807, 2.05) is 6.92 Å². The predicted molar refractivity (Wildman–Crippen MR) is 61.3 cm³/mol. The van der Waals surface area contributed by atoms with Crippen molar-refractivity contribution in [3.63, 3.8) is 0 Å². The van der Waals surface area contributed by atoms with Gasteiger partial charge in [-0.2, -0.15) is 9.37 Å². The monoisotopic (exact) mass is 246 g/mol. The number of hydrogen-bond acceptors (Lipinski definition) is 2. The lowest BCUT2D eigenvalue weighted by molar-refractivity contribution is 0.464. The Bertz CT molecular complexity index is 380. The fourth-order valence-corrected chi connectivity index (χ4v) is 1.43. The molecule has 1 heterocycles. The quantitative estimate of drug-likeness (QED) is 0.800. The van der Waals surface area contributed by atoms with Crippen molar-refractivity contribution in [2.24, 2.45) is 5.92 Å². The lowest BCUT2D eigenvalue weighted by Crippen LogP contribution is -2.18. The third-order valence-electron chi connectivity index (χ3n) is 2.45. The smallest absolute Gasteiger partial charge is 0.251 e. The molecule has 0 saturated carbocycles. The van der Waals surface area contributed by atoms with Gasteiger partial charge >= 0.3 is 0 Å². The highest BCUT2D eigenvalue weighted by Crippen LogP contribution is 2.17. The topological polar surface area (TPSA) is 24.9 Å². The Labute approximate surface area is 99.3 Å². The average Bonchev–Trinajstić information content (AvgIpc) is 2.23. The van der Waals surface area contributed by atoms with Gasteiger partial charge in [-0.3, -0.25) is 0 Å². The number of aromatic nitrogens is 1. The molecule has 5 heteroatoms. The molecule has 1 unspecified atom stereocenters. The van der Waals surface area contributed by atoms with Gasteiger partial charge in [-0.05, 0) is 25.7 Å². The van der Waals surface area contributed by atoms with Gasteiger partial charge < -0.3 is 5.32 Å². The molecule has 1 N–H and O–H groups in total. The summed E-state index contributed by atoms with van der Waals surface area (Å²) in [7, 11) is 0. The highest BCUT2D eigenvalue weighted by atomic mass is 19.2. The molecule has 1 aromatic heterocycles. The van der Waals surface area contributed by atoms with E-state index >= 15 is 0 Å². The lowest BCUT2D eigenvalue weighted by Gasteiger charge is -2.16. The fourth-order valence-electron chi connectivity index (χ4n) is 1.43. The van der Waals surface area contributed by atoms with Gasteiger partial charge in [-0.1, -0.05) is 13.8 Å². The van der Waals surface area contributed by atoms with Crippen LogP contribution in [0.2, 0.25) is 0 Å². The molecule has 0 amide bonds. The minimum Gasteiger partial charge on any atom is -0.365 e. The average molecular weight is 246 g/mol. The normalized spacial score (nSPS) is 12.9. The Balaban J connectivity index is 2.65. The summed E-state index contributed by atoms with van der Waals surface area (Å²) < 4.78 is 38.7. The van der Waals surface area contributed by atoms with Crippen LogP contribution in [-0.2, 0) is 0 Å². The van der Waals surface area contributed by atoms with Crippen molar-refractivity contribution in [1.82, 2.24) is 4.98 Å². The zero-order valence-electron chi connectivity index (χ0n) is 10.2. The molecular weight excluding hydrogens is 229 g/mol. The van der Waals surface area contributed by atoms with E-state index in [-0.39, 0.29) is 11.9 Å². The second-order valence-corrected chi connectivity index (χ2v) is 4.61. The number of pyridine rings is 1. The molecule has 17 heavy (non-hydrogen) atoms. The SMILES string of the molecule is CC(C)CCC(C)Nc1nc(F)c(F)cc1F. The Kier molecular flexibility index (Phi) is 4.78. The highest BCUT2D eigenvalue weighted by molar-refractivity contribution is 5.37. The van der Waals surface area contributed by atoms with Crippen molar-refractivity contribution in [2.45, 2.75) is 39.7 Å². The van der Waals surface area contributed by atoms with E-state index in [1.54, 1.807) is 0 Å². The van der Waals surface area contributed by atoms with Gasteiger partial charge in [0.2, 0.25) is 0 Å². The second kappa shape index (κ2) is 5.89. The summed E-state index contributed by atoms with van der Waals surface area (Å²) in [5.41, 5.74) is 0. The summed E-state index contributed by atoms with van der Waals surface area (Å²) in [6, 6.07) is 0.462. The molecular formula is C12H17F3N2. The van der Waals surface area contributed by atoms with Crippen LogP contribution in [0.15, 0.2) is 6.07 Å². The number of nitrogens with zero attached hydrogens (tertiary/aromatic N) is 1. The molecule has 0 saturated heterocycles. The standard InChI is InChI=1S/C12H17F3N2/c1-7(2)4-5-8(3)16-12-10(14)6-9(13)11(15)17-12/h6-8H,4-5H2,1-3H3,(H,16,17). The van der Waals surface area contributed by atoms with Crippen molar-refractivity contribution < 1.29 is 13.2 Å². The first-order chi connectivity index (χ1) is 7.90. The molecule has 0 radical (unpaired) electrons. The minimum atomic E-state index is -1.29. The van der Waals surface area contributed by atoms with Crippen LogP contribution in [0.4, 0.5) is 19.0 Å². The first-order valence-electron chi connectivity index (χ1n) is 5.68. The molecule has 0 fully saturated rings. The molecule has 0 aliphatic carbocycles. The van der Waals surface area contributed by atoms with Crippen LogP contribution in [-0.4, -0.2) is 11.0 Å². The predicted octanol–water partition coefficient (Wildman–Crippen LogP) is 3.74. The van der Waals surface area contributed by atoms with E-state index in [0.717, 1.165) is 12.8 Å². The number of nitrogens with one attached hydrogen (secondary N) is 1. The van der Waals surface area contributed by atoms with E-state index < -0.39 is 17.6 Å². The summed E-state index contributed by atoms with van der Waals surface area (Å²) in [6.07, 6.45) is 1.79. The lowest BCUT2D eigenvalue weighted by atomic mass is 10.0. The van der Waals surface area contributed by atoms with Crippen LogP contribution in [0.3, 0.4) is 0 Å². The molecule has 0 spiro atoms. The summed E-state index contributed by atoms with van der Waals surface area (Å²) in [5, 5.41) is 2.74. The van der Waals surface area contributed by atoms with Crippen molar-refractivity contribution in [1.29, 1.82) is 0 Å². The number of halogens is 3. The summed E-state index contributed by atoms with van der Waals surface area (Å²) in [5.74, 6) is -3.13. The van der Waals surface area contributed by atoms with Gasteiger partial charge in [0.1, 0.15) is 0 Å². The summed E-state index contributed by atoms with van der Waals surface area (Å²) in [6.45, 7) is 6.02. The van der Waals surface area contributed by atoms with E-state index in [2.05, 4.69) is 24.1 Å². The molecule has 0 aliphatic rings. The number of hydrogen-bond donors (Lipinski definition) is 1. The molecule has 0 bridgehead atoms. The first kappa shape index (κ1) is 13.8. The van der Waals surface area contributed by atoms with Crippen LogP contribution >= 0.6 is 0 Å². The molecule has 2 nitrogen and oxygen atoms in total. The van der Waals surface area contributed by atoms with Gasteiger partial charge in [-0.15, -0.1) is 0 Å². The molecule has 96 valence electrons. The maximum atomic E-state index is 13.3. The fraction of sp³-hybridized carbons (Fsp3) is 0.583. The molecule has 0 aliphatic heterocycles. The minimum absolute atomic E-state index is 0.0377. The highest BCUT2D eigenvalue weighted by Gasteiger charge is 2.13. The van der Waals surface area contributed by atoms with Crippen molar-refractivity contribution in [2.75, 3.05) is 5.32 Å². The van der Waals surface area contributed by atoms with E-state index in [4.69, 9.17) is 0 Å². The Morgan fingerprint density at radius 1 is 1.12 bits per heavy atom. The Hall–Kier alpha value is -1.26. The van der Waals surface area contributed by atoms with Gasteiger partial charge in [0.25, 0.3) is 5.95 Å². The molecule has 1 aromatic rings. The first-order valence-corrected chi connectivity index (χ1v) is 5.68. The Morgan fingerprint density at radius 3 is 2.35 bits per heavy atom. The zero-order valence-corrected chi connectivity index (χ0v) is 10.2. The maximum absolute atomic E-state index is 13.3. The molecule has 1 atom stereocenters. The molecule has 1 rings (SSSR count). The van der Waals surface area contributed by atoms with Gasteiger partial charge in [0, 0.05) is 12.1 Å². The third kappa shape index (κ3) is 4.24.